The second kappa shape index (κ2) is 6.30. The van der Waals surface area contributed by atoms with Crippen molar-refractivity contribution in [1.29, 1.82) is 0 Å². The van der Waals surface area contributed by atoms with Crippen molar-refractivity contribution in [3.05, 3.63) is 27.4 Å². The van der Waals surface area contributed by atoms with Gasteiger partial charge in [0.05, 0.1) is 5.69 Å². The summed E-state index contributed by atoms with van der Waals surface area (Å²) in [7, 11) is 0. The van der Waals surface area contributed by atoms with Crippen LogP contribution in [0.4, 0.5) is 0 Å². The number of aromatic amines is 1. The summed E-state index contributed by atoms with van der Waals surface area (Å²) in [6, 6.07) is 0. The van der Waals surface area contributed by atoms with E-state index in [1.807, 2.05) is 6.92 Å². The Labute approximate surface area is 105 Å². The molecule has 18 heavy (non-hydrogen) atoms. The van der Waals surface area contributed by atoms with Crippen LogP contribution in [0.15, 0.2) is 4.79 Å². The number of carbonyl (C=O) groups excluding carboxylic acids is 1. The van der Waals surface area contributed by atoms with Crippen LogP contribution in [-0.2, 0) is 0 Å². The van der Waals surface area contributed by atoms with Crippen LogP contribution in [-0.4, -0.2) is 34.1 Å². The van der Waals surface area contributed by atoms with Crippen molar-refractivity contribution in [2.75, 3.05) is 13.2 Å². The Balaban J connectivity index is 2.73. The van der Waals surface area contributed by atoms with Crippen molar-refractivity contribution >= 4 is 5.91 Å². The number of carbonyl (C=O) groups is 1. The van der Waals surface area contributed by atoms with Crippen LogP contribution in [0.25, 0.3) is 0 Å². The lowest BCUT2D eigenvalue weighted by Crippen LogP contribution is -2.34. The first-order chi connectivity index (χ1) is 8.45. The average Bonchev–Trinajstić information content (AvgIpc) is 2.31. The van der Waals surface area contributed by atoms with Gasteiger partial charge in [-0.15, -0.1) is 0 Å². The van der Waals surface area contributed by atoms with Gasteiger partial charge < -0.3 is 15.4 Å². The summed E-state index contributed by atoms with van der Waals surface area (Å²) in [5.41, 5.74) is 0.688. The minimum absolute atomic E-state index is 0.0828. The highest BCUT2D eigenvalue weighted by molar-refractivity contribution is 5.91. The molecule has 1 amide bonds. The topological polar surface area (TPSA) is 95.1 Å². The summed E-state index contributed by atoms with van der Waals surface area (Å²) in [6.07, 6.45) is 0.608. The van der Waals surface area contributed by atoms with E-state index < -0.39 is 11.5 Å². The van der Waals surface area contributed by atoms with Crippen molar-refractivity contribution in [3.8, 4) is 0 Å². The quantitative estimate of drug-likeness (QED) is 0.695. The molecule has 1 atom stereocenters. The number of nitrogens with zero attached hydrogens (tertiary/aromatic N) is 1. The summed E-state index contributed by atoms with van der Waals surface area (Å²) < 4.78 is 0. The number of hydrogen-bond donors (Lipinski definition) is 3. The maximum atomic E-state index is 11.8. The van der Waals surface area contributed by atoms with E-state index in [-0.39, 0.29) is 18.2 Å². The molecule has 1 aromatic rings. The molecule has 6 nitrogen and oxygen atoms in total. The first kappa shape index (κ1) is 14.4. The molecule has 0 aliphatic rings. The third-order valence-electron chi connectivity index (χ3n) is 2.79. The molecule has 0 radical (unpaired) electrons. The van der Waals surface area contributed by atoms with E-state index in [4.69, 9.17) is 5.11 Å². The first-order valence-electron chi connectivity index (χ1n) is 5.92. The fourth-order valence-corrected chi connectivity index (χ4v) is 1.45. The Bertz CT molecular complexity index is 482. The van der Waals surface area contributed by atoms with Crippen molar-refractivity contribution in [2.24, 2.45) is 5.92 Å². The molecule has 1 heterocycles. The van der Waals surface area contributed by atoms with E-state index in [1.54, 1.807) is 13.8 Å². The van der Waals surface area contributed by atoms with Crippen LogP contribution in [0.3, 0.4) is 0 Å². The summed E-state index contributed by atoms with van der Waals surface area (Å²) in [4.78, 5) is 29.9. The predicted molar refractivity (Wildman–Crippen MR) is 67.5 cm³/mol. The summed E-state index contributed by atoms with van der Waals surface area (Å²) in [6.45, 7) is 5.87. The number of aliphatic hydroxyl groups excluding tert-OH is 1. The van der Waals surface area contributed by atoms with Gasteiger partial charge in [-0.05, 0) is 26.2 Å². The monoisotopic (exact) mass is 253 g/mol. The second-order valence-corrected chi connectivity index (χ2v) is 4.45. The summed E-state index contributed by atoms with van der Waals surface area (Å²) in [5, 5.41) is 11.4. The van der Waals surface area contributed by atoms with Gasteiger partial charge >= 0.3 is 0 Å². The lowest BCUT2D eigenvalue weighted by atomic mass is 10.1. The highest BCUT2D eigenvalue weighted by atomic mass is 16.3. The molecule has 0 saturated heterocycles. The minimum atomic E-state index is -0.482. The number of aromatic nitrogens is 2. The Morgan fingerprint density at radius 2 is 2.17 bits per heavy atom. The SMILES string of the molecule is Cc1nc(C(=O)NCC(C)CCO)c(=O)[nH]c1C. The second-order valence-electron chi connectivity index (χ2n) is 4.45. The molecule has 0 aromatic carbocycles. The molecular weight excluding hydrogens is 234 g/mol. The van der Waals surface area contributed by atoms with E-state index in [0.29, 0.717) is 24.4 Å². The smallest absolute Gasteiger partial charge is 0.279 e. The van der Waals surface area contributed by atoms with Crippen LogP contribution in [0.2, 0.25) is 0 Å². The molecule has 0 aliphatic carbocycles. The lowest BCUT2D eigenvalue weighted by Gasteiger charge is -2.10. The van der Waals surface area contributed by atoms with Crippen LogP contribution in [0.5, 0.6) is 0 Å². The Kier molecular flexibility index (Phi) is 5.03. The Morgan fingerprint density at radius 1 is 1.50 bits per heavy atom. The molecule has 0 spiro atoms. The van der Waals surface area contributed by atoms with E-state index in [1.165, 1.54) is 0 Å². The van der Waals surface area contributed by atoms with Gasteiger partial charge in [-0.2, -0.15) is 0 Å². The van der Waals surface area contributed by atoms with Gasteiger partial charge in [0.15, 0.2) is 5.69 Å². The minimum Gasteiger partial charge on any atom is -0.396 e. The molecule has 0 aliphatic heterocycles. The van der Waals surface area contributed by atoms with Gasteiger partial charge in [-0.1, -0.05) is 6.92 Å². The van der Waals surface area contributed by atoms with Gasteiger partial charge in [-0.3, -0.25) is 9.59 Å². The number of rotatable bonds is 5. The van der Waals surface area contributed by atoms with E-state index in [9.17, 15) is 9.59 Å². The molecule has 6 heteroatoms. The fraction of sp³-hybridized carbons (Fsp3) is 0.583. The third kappa shape index (κ3) is 3.66. The molecule has 0 bridgehead atoms. The highest BCUT2D eigenvalue weighted by Gasteiger charge is 2.14. The normalized spacial score (nSPS) is 12.2. The predicted octanol–water partition coefficient (Wildman–Crippen LogP) is 0.135. The number of nitrogens with one attached hydrogen (secondary N) is 2. The maximum absolute atomic E-state index is 11.8. The fourth-order valence-electron chi connectivity index (χ4n) is 1.45. The van der Waals surface area contributed by atoms with Crippen LogP contribution < -0.4 is 10.9 Å². The number of H-pyrrole nitrogens is 1. The van der Waals surface area contributed by atoms with Crippen molar-refractivity contribution in [1.82, 2.24) is 15.3 Å². The average molecular weight is 253 g/mol. The van der Waals surface area contributed by atoms with Gasteiger partial charge in [-0.25, -0.2) is 4.98 Å². The largest absolute Gasteiger partial charge is 0.396 e. The molecule has 100 valence electrons. The molecular formula is C12H19N3O3. The van der Waals surface area contributed by atoms with Crippen LogP contribution >= 0.6 is 0 Å². The Morgan fingerprint density at radius 3 is 2.78 bits per heavy atom. The standard InChI is InChI=1S/C12H19N3O3/c1-7(4-5-16)6-13-11(17)10-12(18)15-9(3)8(2)14-10/h7,16H,4-6H2,1-3H3,(H,13,17)(H,15,18). The number of aliphatic hydroxyl groups is 1. The molecule has 1 rings (SSSR count). The molecule has 0 saturated carbocycles. The molecule has 1 aromatic heterocycles. The summed E-state index contributed by atoms with van der Waals surface area (Å²) in [5.74, 6) is -0.325. The number of amides is 1. The molecule has 0 fully saturated rings. The zero-order valence-corrected chi connectivity index (χ0v) is 10.9. The van der Waals surface area contributed by atoms with Gasteiger partial charge in [0, 0.05) is 18.8 Å². The highest BCUT2D eigenvalue weighted by Crippen LogP contribution is 2.00. The van der Waals surface area contributed by atoms with Crippen molar-refractivity contribution in [2.45, 2.75) is 27.2 Å². The zero-order chi connectivity index (χ0) is 13.7. The van der Waals surface area contributed by atoms with Crippen molar-refractivity contribution < 1.29 is 9.90 Å². The van der Waals surface area contributed by atoms with Crippen LogP contribution in [0.1, 0.15) is 35.2 Å². The van der Waals surface area contributed by atoms with Gasteiger partial charge in [0.2, 0.25) is 0 Å². The van der Waals surface area contributed by atoms with Gasteiger partial charge in [0.25, 0.3) is 11.5 Å². The molecule has 3 N–H and O–H groups in total. The number of hydrogen-bond acceptors (Lipinski definition) is 4. The maximum Gasteiger partial charge on any atom is 0.279 e. The van der Waals surface area contributed by atoms with Gasteiger partial charge in [0.1, 0.15) is 0 Å². The molecule has 1 unspecified atom stereocenters. The lowest BCUT2D eigenvalue weighted by molar-refractivity contribution is 0.0938. The van der Waals surface area contributed by atoms with Crippen molar-refractivity contribution in [3.63, 3.8) is 0 Å². The van der Waals surface area contributed by atoms with E-state index >= 15 is 0 Å². The summed E-state index contributed by atoms with van der Waals surface area (Å²) >= 11 is 0. The van der Waals surface area contributed by atoms with Crippen LogP contribution in [0, 0.1) is 19.8 Å². The van der Waals surface area contributed by atoms with E-state index in [0.717, 1.165) is 0 Å². The first-order valence-corrected chi connectivity index (χ1v) is 5.92. The Hall–Kier alpha value is -1.69. The van der Waals surface area contributed by atoms with E-state index in [2.05, 4.69) is 15.3 Å². The zero-order valence-electron chi connectivity index (χ0n) is 10.9. The number of aryl methyl sites for hydroxylation is 2. The third-order valence-corrected chi connectivity index (χ3v) is 2.79.